The number of hydrogen-bond donors (Lipinski definition) is 0. The van der Waals surface area contributed by atoms with Crippen molar-refractivity contribution in [1.29, 1.82) is 0 Å². The zero-order valence-corrected chi connectivity index (χ0v) is 8.36. The van der Waals surface area contributed by atoms with Crippen LogP contribution in [-0.4, -0.2) is 4.37 Å². The largest absolute Gasteiger partial charge is 0.186 e. The molecule has 0 aliphatic carbocycles. The van der Waals surface area contributed by atoms with Crippen molar-refractivity contribution in [3.63, 3.8) is 0 Å². The van der Waals surface area contributed by atoms with Crippen LogP contribution in [0.3, 0.4) is 0 Å². The van der Waals surface area contributed by atoms with E-state index in [0.29, 0.717) is 5.92 Å². The molecule has 0 fully saturated rings. The van der Waals surface area contributed by atoms with Crippen LogP contribution in [0.15, 0.2) is 6.07 Å². The molecule has 9 heavy (non-hydrogen) atoms. The second-order valence-corrected chi connectivity index (χ2v) is 4.15. The van der Waals surface area contributed by atoms with Gasteiger partial charge in [-0.15, -0.1) is 0 Å². The average Bonchev–Trinajstić information content (AvgIpc) is 2.14. The molecule has 1 aromatic heterocycles. The quantitative estimate of drug-likeness (QED) is 0.701. The minimum atomic E-state index is 0.631. The first-order valence-corrected chi connectivity index (χ1v) is 4.67. The lowest BCUT2D eigenvalue weighted by Crippen LogP contribution is -1.77. The van der Waals surface area contributed by atoms with Gasteiger partial charge in [-0.05, 0) is 46.1 Å². The minimum absolute atomic E-state index is 0.631. The van der Waals surface area contributed by atoms with Crippen LogP contribution >= 0.6 is 34.1 Å². The summed E-state index contributed by atoms with van der Waals surface area (Å²) in [4.78, 5) is 1.37. The molecule has 0 bridgehead atoms. The zero-order chi connectivity index (χ0) is 6.85. The molecule has 0 radical (unpaired) electrons. The molecule has 50 valence electrons. The highest BCUT2D eigenvalue weighted by Gasteiger charge is 2.01. The Kier molecular flexibility index (Phi) is 2.46. The maximum absolute atomic E-state index is 4.17. The minimum Gasteiger partial charge on any atom is -0.186 e. The standard InChI is InChI=1S/C6H8INS/c1-4(2)5-3-6(7)8-9-5/h3-4H,1-2H3. The van der Waals surface area contributed by atoms with Crippen molar-refractivity contribution in [2.24, 2.45) is 0 Å². The second kappa shape index (κ2) is 2.96. The fraction of sp³-hybridized carbons (Fsp3) is 0.500. The highest BCUT2D eigenvalue weighted by Crippen LogP contribution is 2.20. The number of nitrogens with zero attached hydrogens (tertiary/aromatic N) is 1. The van der Waals surface area contributed by atoms with Gasteiger partial charge in [-0.3, -0.25) is 0 Å². The molecule has 0 saturated carbocycles. The Labute approximate surface area is 72.8 Å². The molecule has 3 heteroatoms. The molecule has 0 spiro atoms. The lowest BCUT2D eigenvalue weighted by molar-refractivity contribution is 0.889. The maximum Gasteiger partial charge on any atom is 0.115 e. The van der Waals surface area contributed by atoms with E-state index in [9.17, 15) is 0 Å². The molecule has 0 aliphatic heterocycles. The normalized spacial score (nSPS) is 10.7. The van der Waals surface area contributed by atoms with Crippen molar-refractivity contribution in [3.05, 3.63) is 14.6 Å². The van der Waals surface area contributed by atoms with E-state index >= 15 is 0 Å². The molecule has 0 unspecified atom stereocenters. The third kappa shape index (κ3) is 1.89. The van der Waals surface area contributed by atoms with Crippen LogP contribution in [0.25, 0.3) is 0 Å². The Bertz CT molecular complexity index is 195. The summed E-state index contributed by atoms with van der Waals surface area (Å²) in [6, 6.07) is 2.13. The van der Waals surface area contributed by atoms with Gasteiger partial charge in [0.25, 0.3) is 0 Å². The summed E-state index contributed by atoms with van der Waals surface area (Å²) in [5.74, 6) is 0.631. The van der Waals surface area contributed by atoms with Gasteiger partial charge in [-0.2, -0.15) is 4.37 Å². The van der Waals surface area contributed by atoms with Crippen molar-refractivity contribution in [3.8, 4) is 0 Å². The molecule has 1 heterocycles. The molecule has 0 N–H and O–H groups in total. The van der Waals surface area contributed by atoms with Gasteiger partial charge < -0.3 is 0 Å². The van der Waals surface area contributed by atoms with Gasteiger partial charge in [0.2, 0.25) is 0 Å². The molecular formula is C6H8INS. The van der Waals surface area contributed by atoms with Crippen LogP contribution in [0.5, 0.6) is 0 Å². The smallest absolute Gasteiger partial charge is 0.115 e. The topological polar surface area (TPSA) is 12.9 Å². The van der Waals surface area contributed by atoms with Crippen molar-refractivity contribution >= 4 is 34.1 Å². The predicted molar refractivity (Wildman–Crippen MR) is 48.9 cm³/mol. The molecule has 1 aromatic rings. The third-order valence-corrected chi connectivity index (χ3v) is 3.04. The summed E-state index contributed by atoms with van der Waals surface area (Å²) < 4.78 is 5.28. The number of aromatic nitrogens is 1. The predicted octanol–water partition coefficient (Wildman–Crippen LogP) is 2.87. The van der Waals surface area contributed by atoms with Gasteiger partial charge in [0.05, 0.1) is 0 Å². The molecule has 0 aliphatic rings. The number of hydrogen-bond acceptors (Lipinski definition) is 2. The summed E-state index contributed by atoms with van der Waals surface area (Å²) in [5.41, 5.74) is 0. The van der Waals surface area contributed by atoms with Gasteiger partial charge >= 0.3 is 0 Å². The first-order valence-electron chi connectivity index (χ1n) is 2.82. The Morgan fingerprint density at radius 1 is 1.67 bits per heavy atom. The molecule has 0 amide bonds. The van der Waals surface area contributed by atoms with Gasteiger partial charge in [-0.25, -0.2) is 0 Å². The van der Waals surface area contributed by atoms with Gasteiger partial charge in [0.15, 0.2) is 0 Å². The zero-order valence-electron chi connectivity index (χ0n) is 5.39. The van der Waals surface area contributed by atoms with Crippen LogP contribution in [0.2, 0.25) is 0 Å². The summed E-state index contributed by atoms with van der Waals surface area (Å²) in [5, 5.41) is 0. The van der Waals surface area contributed by atoms with E-state index in [-0.39, 0.29) is 0 Å². The van der Waals surface area contributed by atoms with Crippen molar-refractivity contribution in [2.45, 2.75) is 19.8 Å². The fourth-order valence-electron chi connectivity index (χ4n) is 0.538. The number of rotatable bonds is 1. The van der Waals surface area contributed by atoms with E-state index < -0.39 is 0 Å². The third-order valence-electron chi connectivity index (χ3n) is 1.07. The van der Waals surface area contributed by atoms with Gasteiger partial charge in [-0.1, -0.05) is 13.8 Å². The fourth-order valence-corrected chi connectivity index (χ4v) is 2.00. The molecule has 1 rings (SSSR count). The van der Waals surface area contributed by atoms with Crippen LogP contribution in [0.1, 0.15) is 24.6 Å². The lowest BCUT2D eigenvalue weighted by atomic mass is 10.2. The Morgan fingerprint density at radius 3 is 2.56 bits per heavy atom. The Morgan fingerprint density at radius 2 is 2.33 bits per heavy atom. The van der Waals surface area contributed by atoms with E-state index in [1.54, 1.807) is 11.5 Å². The maximum atomic E-state index is 4.17. The van der Waals surface area contributed by atoms with Crippen molar-refractivity contribution < 1.29 is 0 Å². The van der Waals surface area contributed by atoms with Crippen molar-refractivity contribution in [1.82, 2.24) is 4.37 Å². The number of halogens is 1. The van der Waals surface area contributed by atoms with Crippen LogP contribution in [0, 0.1) is 3.70 Å². The Balaban J connectivity index is 2.85. The molecule has 0 atom stereocenters. The average molecular weight is 253 g/mol. The van der Waals surface area contributed by atoms with E-state index in [4.69, 9.17) is 0 Å². The highest BCUT2D eigenvalue weighted by atomic mass is 127. The van der Waals surface area contributed by atoms with Gasteiger partial charge in [0, 0.05) is 4.88 Å². The summed E-state index contributed by atoms with van der Waals surface area (Å²) in [6.07, 6.45) is 0. The molecule has 1 nitrogen and oxygen atoms in total. The molecule has 0 aromatic carbocycles. The Hall–Kier alpha value is 0.360. The van der Waals surface area contributed by atoms with E-state index in [1.165, 1.54) is 4.88 Å². The molecular weight excluding hydrogens is 245 g/mol. The van der Waals surface area contributed by atoms with Crippen LogP contribution in [0.4, 0.5) is 0 Å². The van der Waals surface area contributed by atoms with E-state index in [2.05, 4.69) is 46.9 Å². The van der Waals surface area contributed by atoms with Gasteiger partial charge in [0.1, 0.15) is 3.70 Å². The summed E-state index contributed by atoms with van der Waals surface area (Å²) in [6.45, 7) is 4.37. The monoisotopic (exact) mass is 253 g/mol. The van der Waals surface area contributed by atoms with Crippen LogP contribution in [-0.2, 0) is 0 Å². The SMILES string of the molecule is CC(C)c1cc(I)ns1. The van der Waals surface area contributed by atoms with Crippen LogP contribution < -0.4 is 0 Å². The highest BCUT2D eigenvalue weighted by molar-refractivity contribution is 14.1. The van der Waals surface area contributed by atoms with Crippen molar-refractivity contribution in [2.75, 3.05) is 0 Å². The van der Waals surface area contributed by atoms with E-state index in [0.717, 1.165) is 3.70 Å². The lowest BCUT2D eigenvalue weighted by Gasteiger charge is -1.94. The summed E-state index contributed by atoms with van der Waals surface area (Å²) in [7, 11) is 0. The first-order chi connectivity index (χ1) is 4.20. The molecule has 0 saturated heterocycles. The first kappa shape index (κ1) is 7.47. The van der Waals surface area contributed by atoms with E-state index in [1.807, 2.05) is 0 Å². The summed E-state index contributed by atoms with van der Waals surface area (Å²) >= 11 is 3.83. The second-order valence-electron chi connectivity index (χ2n) is 2.21.